The van der Waals surface area contributed by atoms with E-state index in [1.807, 2.05) is 0 Å². The quantitative estimate of drug-likeness (QED) is 0.722. The summed E-state index contributed by atoms with van der Waals surface area (Å²) >= 11 is 0. The summed E-state index contributed by atoms with van der Waals surface area (Å²) in [4.78, 5) is 25.4. The van der Waals surface area contributed by atoms with Gasteiger partial charge in [0.2, 0.25) is 0 Å². The molecule has 0 atom stereocenters. The van der Waals surface area contributed by atoms with E-state index < -0.39 is 11.2 Å². The van der Waals surface area contributed by atoms with Crippen molar-refractivity contribution in [3.8, 4) is 0 Å². The number of para-hydroxylation sites is 1. The molecular weight excluding hydrogens is 197 g/mol. The fourth-order valence-corrected chi connectivity index (χ4v) is 1.48. The minimum atomic E-state index is -0.500. The monoisotopic (exact) mass is 205 g/mol. The first-order valence-corrected chi connectivity index (χ1v) is 4.42. The molecule has 3 nitrogen and oxygen atoms in total. The van der Waals surface area contributed by atoms with Crippen LogP contribution < -0.4 is 5.43 Å². The van der Waals surface area contributed by atoms with E-state index >= 15 is 0 Å². The van der Waals surface area contributed by atoms with Crippen LogP contribution in [0.1, 0.15) is 17.3 Å². The lowest BCUT2D eigenvalue weighted by molar-refractivity contribution is 0.101. The second-order valence-electron chi connectivity index (χ2n) is 3.25. The molecule has 0 spiro atoms. The molecule has 1 aromatic carbocycles. The van der Waals surface area contributed by atoms with Crippen molar-refractivity contribution in [2.75, 3.05) is 0 Å². The average Bonchev–Trinajstić information content (AvgIpc) is 2.19. The zero-order valence-corrected chi connectivity index (χ0v) is 8.00. The van der Waals surface area contributed by atoms with Gasteiger partial charge in [-0.1, -0.05) is 6.07 Å². The molecule has 4 heteroatoms. The Morgan fingerprint density at radius 3 is 2.80 bits per heavy atom. The van der Waals surface area contributed by atoms with Crippen molar-refractivity contribution in [2.45, 2.75) is 6.92 Å². The van der Waals surface area contributed by atoms with Crippen molar-refractivity contribution >= 4 is 16.7 Å². The Bertz CT molecular complexity index is 601. The number of carbonyl (C=O) groups excluding carboxylic acids is 1. The van der Waals surface area contributed by atoms with Crippen LogP contribution in [-0.2, 0) is 0 Å². The van der Waals surface area contributed by atoms with Crippen LogP contribution in [-0.4, -0.2) is 10.8 Å². The van der Waals surface area contributed by atoms with E-state index in [-0.39, 0.29) is 22.2 Å². The second kappa shape index (κ2) is 3.31. The molecule has 0 fully saturated rings. The van der Waals surface area contributed by atoms with Crippen molar-refractivity contribution in [1.29, 1.82) is 0 Å². The summed E-state index contributed by atoms with van der Waals surface area (Å²) in [6.07, 6.45) is 1.25. The number of fused-ring (bicyclic) bond motifs is 1. The number of hydrogen-bond acceptors (Lipinski definition) is 2. The molecule has 0 amide bonds. The highest BCUT2D eigenvalue weighted by Crippen LogP contribution is 2.11. The highest BCUT2D eigenvalue weighted by molar-refractivity contribution is 5.96. The van der Waals surface area contributed by atoms with E-state index in [0.29, 0.717) is 0 Å². The van der Waals surface area contributed by atoms with Gasteiger partial charge in [-0.25, -0.2) is 4.39 Å². The minimum Gasteiger partial charge on any atom is -0.358 e. The summed E-state index contributed by atoms with van der Waals surface area (Å²) in [5.74, 6) is -0.831. The van der Waals surface area contributed by atoms with Gasteiger partial charge in [0.05, 0.1) is 11.1 Å². The Morgan fingerprint density at radius 1 is 1.40 bits per heavy atom. The smallest absolute Gasteiger partial charge is 0.200 e. The summed E-state index contributed by atoms with van der Waals surface area (Å²) in [6, 6.07) is 4.19. The zero-order chi connectivity index (χ0) is 11.0. The first-order chi connectivity index (χ1) is 7.11. The van der Waals surface area contributed by atoms with Crippen molar-refractivity contribution < 1.29 is 9.18 Å². The molecule has 2 rings (SSSR count). The highest BCUT2D eigenvalue weighted by Gasteiger charge is 2.10. The fourth-order valence-electron chi connectivity index (χ4n) is 1.48. The lowest BCUT2D eigenvalue weighted by Crippen LogP contribution is -2.14. The SMILES string of the molecule is CC(=O)c1c[nH]c2c(F)cccc2c1=O. The summed E-state index contributed by atoms with van der Waals surface area (Å²) in [6.45, 7) is 1.30. The number of nitrogens with one attached hydrogen (secondary N) is 1. The maximum absolute atomic E-state index is 13.2. The molecule has 0 aliphatic carbocycles. The van der Waals surface area contributed by atoms with E-state index in [1.54, 1.807) is 0 Å². The molecule has 0 unspecified atom stereocenters. The molecule has 15 heavy (non-hydrogen) atoms. The van der Waals surface area contributed by atoms with Crippen LogP contribution in [0.15, 0.2) is 29.2 Å². The lowest BCUT2D eigenvalue weighted by atomic mass is 10.1. The van der Waals surface area contributed by atoms with Crippen LogP contribution in [0.3, 0.4) is 0 Å². The average molecular weight is 205 g/mol. The molecule has 0 aliphatic rings. The first kappa shape index (κ1) is 9.58. The molecule has 76 valence electrons. The number of benzene rings is 1. The van der Waals surface area contributed by atoms with Gasteiger partial charge in [-0.15, -0.1) is 0 Å². The number of H-pyrrole nitrogens is 1. The Hall–Kier alpha value is -1.97. The number of halogens is 1. The van der Waals surface area contributed by atoms with Gasteiger partial charge in [-0.05, 0) is 19.1 Å². The number of hydrogen-bond donors (Lipinski definition) is 1. The maximum atomic E-state index is 13.2. The third-order valence-corrected chi connectivity index (χ3v) is 2.24. The topological polar surface area (TPSA) is 49.9 Å². The first-order valence-electron chi connectivity index (χ1n) is 4.42. The lowest BCUT2D eigenvalue weighted by Gasteiger charge is -2.00. The number of carbonyl (C=O) groups is 1. The van der Waals surface area contributed by atoms with Gasteiger partial charge in [0.15, 0.2) is 11.2 Å². The number of aromatic nitrogens is 1. The van der Waals surface area contributed by atoms with E-state index in [4.69, 9.17) is 0 Å². The van der Waals surface area contributed by atoms with Crippen LogP contribution in [0.4, 0.5) is 4.39 Å². The number of ketones is 1. The predicted molar refractivity (Wildman–Crippen MR) is 54.5 cm³/mol. The minimum absolute atomic E-state index is 0.0492. The maximum Gasteiger partial charge on any atom is 0.200 e. The number of Topliss-reactive ketones (excluding diaryl/α,β-unsaturated/α-hetero) is 1. The summed E-state index contributed by atoms with van der Waals surface area (Å²) in [7, 11) is 0. The standard InChI is InChI=1S/C11H8FNO2/c1-6(14)8-5-13-10-7(11(8)15)3-2-4-9(10)12/h2-5H,1H3,(H,13,15). The van der Waals surface area contributed by atoms with Gasteiger partial charge < -0.3 is 4.98 Å². The third-order valence-electron chi connectivity index (χ3n) is 2.24. The van der Waals surface area contributed by atoms with E-state index in [9.17, 15) is 14.0 Å². The van der Waals surface area contributed by atoms with Gasteiger partial charge in [-0.2, -0.15) is 0 Å². The molecule has 1 heterocycles. The van der Waals surface area contributed by atoms with E-state index in [0.717, 1.165) is 0 Å². The summed E-state index contributed by atoms with van der Waals surface area (Å²) in [5.41, 5.74) is -0.253. The summed E-state index contributed by atoms with van der Waals surface area (Å²) in [5, 5.41) is 0.197. The number of aromatic amines is 1. The molecule has 0 saturated carbocycles. The van der Waals surface area contributed by atoms with Gasteiger partial charge >= 0.3 is 0 Å². The molecule has 2 aromatic rings. The molecule has 1 aromatic heterocycles. The van der Waals surface area contributed by atoms with Crippen molar-refractivity contribution in [1.82, 2.24) is 4.98 Å². The molecule has 1 N–H and O–H groups in total. The van der Waals surface area contributed by atoms with Crippen LogP contribution in [0.5, 0.6) is 0 Å². The van der Waals surface area contributed by atoms with Gasteiger partial charge in [0.1, 0.15) is 5.82 Å². The highest BCUT2D eigenvalue weighted by atomic mass is 19.1. The van der Waals surface area contributed by atoms with Gasteiger partial charge in [0, 0.05) is 11.6 Å². The Morgan fingerprint density at radius 2 is 2.13 bits per heavy atom. The van der Waals surface area contributed by atoms with Crippen molar-refractivity contribution in [3.05, 3.63) is 46.0 Å². The van der Waals surface area contributed by atoms with Crippen LogP contribution in [0, 0.1) is 5.82 Å². The fraction of sp³-hybridized carbons (Fsp3) is 0.0909. The molecule has 0 radical (unpaired) electrons. The normalized spacial score (nSPS) is 10.5. The van der Waals surface area contributed by atoms with Crippen LogP contribution in [0.25, 0.3) is 10.9 Å². The van der Waals surface area contributed by atoms with Gasteiger partial charge in [-0.3, -0.25) is 9.59 Å². The zero-order valence-electron chi connectivity index (χ0n) is 8.00. The number of pyridine rings is 1. The van der Waals surface area contributed by atoms with Crippen LogP contribution >= 0.6 is 0 Å². The predicted octanol–water partition coefficient (Wildman–Crippen LogP) is 1.87. The molecule has 0 aliphatic heterocycles. The number of rotatable bonds is 1. The van der Waals surface area contributed by atoms with Gasteiger partial charge in [0.25, 0.3) is 0 Å². The molecule has 0 saturated heterocycles. The largest absolute Gasteiger partial charge is 0.358 e. The Labute approximate surface area is 84.6 Å². The molecular formula is C11H8FNO2. The summed E-state index contributed by atoms with van der Waals surface area (Å²) < 4.78 is 13.2. The third kappa shape index (κ3) is 1.44. The second-order valence-corrected chi connectivity index (χ2v) is 3.25. The van der Waals surface area contributed by atoms with Crippen molar-refractivity contribution in [3.63, 3.8) is 0 Å². The van der Waals surface area contributed by atoms with Crippen LogP contribution in [0.2, 0.25) is 0 Å². The molecule has 0 bridgehead atoms. The van der Waals surface area contributed by atoms with E-state index in [2.05, 4.69) is 4.98 Å². The Kier molecular flexibility index (Phi) is 2.11. The van der Waals surface area contributed by atoms with E-state index in [1.165, 1.54) is 31.3 Å². The Balaban J connectivity index is 2.92. The van der Waals surface area contributed by atoms with Crippen molar-refractivity contribution in [2.24, 2.45) is 0 Å².